The van der Waals surface area contributed by atoms with Crippen molar-refractivity contribution in [1.29, 1.82) is 0 Å². The lowest BCUT2D eigenvalue weighted by Crippen LogP contribution is -2.51. The van der Waals surface area contributed by atoms with Gasteiger partial charge < -0.3 is 30.2 Å². The van der Waals surface area contributed by atoms with Crippen molar-refractivity contribution in [3.63, 3.8) is 0 Å². The second-order valence-electron chi connectivity index (χ2n) is 16.5. The molecule has 308 valence electrons. The Morgan fingerprint density at radius 2 is 1.27 bits per heavy atom. The normalized spacial score (nSPS) is 22.5. The minimum absolute atomic E-state index is 0.00723. The molecule has 5 aromatic rings. The number of benzene rings is 3. The zero-order valence-corrected chi connectivity index (χ0v) is 34.4. The van der Waals surface area contributed by atoms with E-state index >= 15 is 0 Å². The second-order valence-corrected chi connectivity index (χ2v) is 16.5. The number of likely N-dealkylation sites (N-methyl/N-ethyl adjacent to an activating group) is 1. The second kappa shape index (κ2) is 17.2. The van der Waals surface area contributed by atoms with Crippen LogP contribution in [-0.4, -0.2) is 84.3 Å². The van der Waals surface area contributed by atoms with Crippen LogP contribution in [0.4, 0.5) is 4.79 Å². The van der Waals surface area contributed by atoms with E-state index in [-0.39, 0.29) is 29.9 Å². The summed E-state index contributed by atoms with van der Waals surface area (Å²) in [5.74, 6) is 1.31. The van der Waals surface area contributed by atoms with Gasteiger partial charge in [-0.2, -0.15) is 0 Å². The van der Waals surface area contributed by atoms with Crippen molar-refractivity contribution >= 4 is 17.9 Å². The molecular weight excluding hydrogens is 741 g/mol. The first-order valence-corrected chi connectivity index (χ1v) is 21.4. The average molecular weight is 797 g/mol. The lowest BCUT2D eigenvalue weighted by atomic mass is 9.75. The molecular formula is C47H56N8O4. The number of carbonyl (C=O) groups is 3. The summed E-state index contributed by atoms with van der Waals surface area (Å²) in [5, 5.41) is 0. The van der Waals surface area contributed by atoms with Crippen molar-refractivity contribution < 1.29 is 19.1 Å². The van der Waals surface area contributed by atoms with Crippen molar-refractivity contribution in [2.24, 2.45) is 11.7 Å². The topological polar surface area (TPSA) is 154 Å². The predicted octanol–water partition coefficient (Wildman–Crippen LogP) is 8.59. The largest absolute Gasteiger partial charge is 0.443 e. The van der Waals surface area contributed by atoms with Gasteiger partial charge in [-0.1, -0.05) is 99.1 Å². The fraction of sp³-hybridized carbons (Fsp3) is 0.426. The fourth-order valence-corrected chi connectivity index (χ4v) is 9.75. The molecule has 0 unspecified atom stereocenters. The summed E-state index contributed by atoms with van der Waals surface area (Å²) in [6.45, 7) is 9.01. The summed E-state index contributed by atoms with van der Waals surface area (Å²) < 4.78 is 5.55. The SMILES string of the molecule is CCN(CC)[C@@H](C(=O)N1CCC[C@H]1c1ncc(-c2ccc(-c3ccc(-c4cnc([C@@H]5CCCN5C(=O)[C@H]5CCCC[C@@]5(C)OC(N)=O)[nH]4)cc3)cc2)[nH]1)c1ccccc1. The number of ether oxygens (including phenoxy) is 1. The van der Waals surface area contributed by atoms with E-state index in [2.05, 4.69) is 89.4 Å². The number of aromatic nitrogens is 4. The molecule has 1 saturated carbocycles. The Hall–Kier alpha value is -5.75. The van der Waals surface area contributed by atoms with Gasteiger partial charge in [-0.05, 0) is 92.8 Å². The fourth-order valence-electron chi connectivity index (χ4n) is 9.75. The van der Waals surface area contributed by atoms with Crippen LogP contribution in [0.5, 0.6) is 0 Å². The van der Waals surface area contributed by atoms with E-state index in [4.69, 9.17) is 20.4 Å². The average Bonchev–Trinajstić information content (AvgIpc) is 4.10. The molecule has 3 aromatic carbocycles. The number of hydrogen-bond acceptors (Lipinski definition) is 7. The number of carbonyl (C=O) groups excluding carboxylic acids is 3. The molecule has 0 spiro atoms. The number of hydrogen-bond donors (Lipinski definition) is 3. The molecule has 3 fully saturated rings. The maximum absolute atomic E-state index is 14.2. The van der Waals surface area contributed by atoms with Crippen LogP contribution in [0.3, 0.4) is 0 Å². The Bertz CT molecular complexity index is 2230. The minimum Gasteiger partial charge on any atom is -0.443 e. The van der Waals surface area contributed by atoms with Gasteiger partial charge in [0, 0.05) is 13.1 Å². The molecule has 4 N–H and O–H groups in total. The van der Waals surface area contributed by atoms with Crippen molar-refractivity contribution in [1.82, 2.24) is 34.6 Å². The standard InChI is InChI=1S/C47H56N8O4/c1-4-53(5-2)41(35-13-7-6-8-14-35)45(57)55-28-12-17-40(55)43-50-30-38(52-43)34-24-20-32(21-25-34)31-18-22-33(23-19-31)37-29-49-42(51-37)39-16-11-27-54(39)44(56)36-15-9-10-26-47(36,3)59-46(48)58/h6-8,13-14,18-25,29-30,36,39-41H,4-5,9-12,15-17,26-28H2,1-3H3,(H2,48,58)(H,49,51)(H,50,52)/t36-,39+,40+,41-,47-/m1/s1. The van der Waals surface area contributed by atoms with Gasteiger partial charge in [0.2, 0.25) is 11.8 Å². The van der Waals surface area contributed by atoms with Crippen LogP contribution >= 0.6 is 0 Å². The molecule has 12 heteroatoms. The first kappa shape index (κ1) is 40.0. The van der Waals surface area contributed by atoms with Crippen molar-refractivity contribution in [2.45, 2.75) is 95.9 Å². The lowest BCUT2D eigenvalue weighted by molar-refractivity contribution is -0.148. The number of aromatic amines is 2. The van der Waals surface area contributed by atoms with Crippen LogP contribution in [-0.2, 0) is 14.3 Å². The Morgan fingerprint density at radius 1 is 0.746 bits per heavy atom. The smallest absolute Gasteiger partial charge is 0.405 e. The number of nitrogens with one attached hydrogen (secondary N) is 2. The van der Waals surface area contributed by atoms with Gasteiger partial charge in [0.25, 0.3) is 0 Å². The summed E-state index contributed by atoms with van der Waals surface area (Å²) in [7, 11) is 0. The zero-order valence-electron chi connectivity index (χ0n) is 34.4. The summed E-state index contributed by atoms with van der Waals surface area (Å²) in [6, 6.07) is 26.4. The van der Waals surface area contributed by atoms with E-state index in [1.54, 1.807) is 0 Å². The van der Waals surface area contributed by atoms with Crippen LogP contribution in [0, 0.1) is 5.92 Å². The molecule has 12 nitrogen and oxygen atoms in total. The highest BCUT2D eigenvalue weighted by Gasteiger charge is 2.47. The maximum atomic E-state index is 14.2. The molecule has 2 saturated heterocycles. The van der Waals surface area contributed by atoms with E-state index in [0.29, 0.717) is 19.4 Å². The maximum Gasteiger partial charge on any atom is 0.405 e. The van der Waals surface area contributed by atoms with Gasteiger partial charge in [0.15, 0.2) is 0 Å². The predicted molar refractivity (Wildman–Crippen MR) is 228 cm³/mol. The van der Waals surface area contributed by atoms with E-state index in [1.807, 2.05) is 47.3 Å². The summed E-state index contributed by atoms with van der Waals surface area (Å²) >= 11 is 0. The van der Waals surface area contributed by atoms with Crippen LogP contribution in [0.25, 0.3) is 33.6 Å². The Balaban J connectivity index is 0.926. The molecule has 2 aliphatic heterocycles. The number of amides is 3. The highest BCUT2D eigenvalue weighted by Crippen LogP contribution is 2.42. The van der Waals surface area contributed by atoms with E-state index < -0.39 is 17.6 Å². The van der Waals surface area contributed by atoms with Crippen molar-refractivity contribution in [3.05, 3.63) is 108 Å². The van der Waals surface area contributed by atoms with Crippen molar-refractivity contribution in [3.8, 4) is 33.6 Å². The molecule has 8 rings (SSSR count). The molecule has 1 aliphatic carbocycles. The number of primary amides is 1. The third-order valence-electron chi connectivity index (χ3n) is 12.9. The first-order valence-electron chi connectivity index (χ1n) is 21.4. The molecule has 0 radical (unpaired) electrons. The highest BCUT2D eigenvalue weighted by atomic mass is 16.6. The molecule has 59 heavy (non-hydrogen) atoms. The van der Waals surface area contributed by atoms with Gasteiger partial charge in [-0.3, -0.25) is 14.5 Å². The molecule has 5 atom stereocenters. The van der Waals surface area contributed by atoms with E-state index in [0.717, 1.165) is 109 Å². The Kier molecular flexibility index (Phi) is 11.7. The number of rotatable bonds is 12. The third kappa shape index (κ3) is 8.15. The number of nitrogens with two attached hydrogens (primary N) is 1. The summed E-state index contributed by atoms with van der Waals surface area (Å²) in [5.41, 5.74) is 11.6. The zero-order chi connectivity index (χ0) is 41.1. The number of likely N-dealkylation sites (tertiary alicyclic amines) is 2. The number of nitrogens with zero attached hydrogens (tertiary/aromatic N) is 5. The van der Waals surface area contributed by atoms with E-state index in [1.165, 1.54) is 0 Å². The van der Waals surface area contributed by atoms with Crippen LogP contribution in [0.1, 0.15) is 107 Å². The molecule has 0 bridgehead atoms. The first-order chi connectivity index (χ1) is 28.7. The quantitative estimate of drug-likeness (QED) is 0.114. The van der Waals surface area contributed by atoms with Gasteiger partial charge in [-0.25, -0.2) is 14.8 Å². The molecule has 2 aromatic heterocycles. The number of H-pyrrole nitrogens is 2. The van der Waals surface area contributed by atoms with Crippen LogP contribution < -0.4 is 5.73 Å². The van der Waals surface area contributed by atoms with Crippen LogP contribution in [0.2, 0.25) is 0 Å². The Labute approximate surface area is 346 Å². The van der Waals surface area contributed by atoms with Crippen LogP contribution in [0.15, 0.2) is 91.3 Å². The number of imidazole rings is 2. The summed E-state index contributed by atoms with van der Waals surface area (Å²) in [4.78, 5) is 62.7. The lowest BCUT2D eigenvalue weighted by Gasteiger charge is -2.41. The third-order valence-corrected chi connectivity index (χ3v) is 12.9. The van der Waals surface area contributed by atoms with Gasteiger partial charge in [-0.15, -0.1) is 0 Å². The molecule has 3 aliphatic rings. The van der Waals surface area contributed by atoms with Crippen molar-refractivity contribution in [2.75, 3.05) is 26.2 Å². The summed E-state index contributed by atoms with van der Waals surface area (Å²) in [6.07, 6.45) is 9.51. The van der Waals surface area contributed by atoms with E-state index in [9.17, 15) is 14.4 Å². The minimum atomic E-state index is -0.896. The van der Waals surface area contributed by atoms with Gasteiger partial charge in [0.1, 0.15) is 23.3 Å². The van der Waals surface area contributed by atoms with Gasteiger partial charge >= 0.3 is 6.09 Å². The molecule has 3 amide bonds. The molecule has 4 heterocycles. The highest BCUT2D eigenvalue weighted by molar-refractivity contribution is 5.84. The monoisotopic (exact) mass is 796 g/mol. The van der Waals surface area contributed by atoms with Gasteiger partial charge in [0.05, 0.1) is 41.8 Å². The Morgan fingerprint density at radius 3 is 1.81 bits per heavy atom.